The Bertz CT molecular complexity index is 838. The first-order valence-corrected chi connectivity index (χ1v) is 10.8. The minimum Gasteiger partial charge on any atom is -0.338 e. The highest BCUT2D eigenvalue weighted by Gasteiger charge is 2.26. The van der Waals surface area contributed by atoms with Crippen LogP contribution < -0.4 is 3.53 Å². The fourth-order valence-electron chi connectivity index (χ4n) is 4.34. The van der Waals surface area contributed by atoms with E-state index in [9.17, 15) is 4.79 Å². The van der Waals surface area contributed by atoms with Crippen molar-refractivity contribution in [3.8, 4) is 0 Å². The second-order valence-electron chi connectivity index (χ2n) is 7.83. The van der Waals surface area contributed by atoms with E-state index in [0.29, 0.717) is 5.92 Å². The summed E-state index contributed by atoms with van der Waals surface area (Å²) in [6.45, 7) is 7.12. The SMILES string of the molecule is CC(CN1CCc2ccccc2C1)CN1CCc2ccc(NI)cc2C1=O. The third kappa shape index (κ3) is 4.14. The minimum atomic E-state index is 0.181. The Labute approximate surface area is 175 Å². The molecular weight excluding hydrogens is 449 g/mol. The Morgan fingerprint density at radius 1 is 1.04 bits per heavy atom. The van der Waals surface area contributed by atoms with Gasteiger partial charge in [-0.2, -0.15) is 0 Å². The average molecular weight is 475 g/mol. The number of nitrogens with one attached hydrogen (secondary N) is 1. The zero-order chi connectivity index (χ0) is 18.8. The second kappa shape index (κ2) is 8.19. The van der Waals surface area contributed by atoms with Gasteiger partial charge in [-0.15, -0.1) is 0 Å². The first kappa shape index (κ1) is 18.7. The van der Waals surface area contributed by atoms with Gasteiger partial charge in [-0.05, 0) is 47.6 Å². The van der Waals surface area contributed by atoms with E-state index >= 15 is 0 Å². The standard InChI is InChI=1S/C22H26IN3O/c1-16(13-25-10-8-17-4-2-3-5-19(17)15-25)14-26-11-9-18-6-7-20(24-23)12-21(18)22(26)27/h2-7,12,16,24H,8-11,13-15H2,1H3. The zero-order valence-electron chi connectivity index (χ0n) is 15.7. The van der Waals surface area contributed by atoms with Gasteiger partial charge < -0.3 is 8.43 Å². The van der Waals surface area contributed by atoms with Crippen molar-refractivity contribution in [1.82, 2.24) is 9.80 Å². The van der Waals surface area contributed by atoms with Gasteiger partial charge in [0, 0.05) is 44.0 Å². The van der Waals surface area contributed by atoms with Crippen LogP contribution in [0.1, 0.15) is 34.0 Å². The van der Waals surface area contributed by atoms with E-state index in [-0.39, 0.29) is 5.91 Å². The summed E-state index contributed by atoms with van der Waals surface area (Å²) in [6, 6.07) is 14.9. The van der Waals surface area contributed by atoms with Crippen molar-refractivity contribution >= 4 is 34.5 Å². The number of carbonyl (C=O) groups is 1. The Kier molecular flexibility index (Phi) is 5.68. The lowest BCUT2D eigenvalue weighted by Gasteiger charge is -2.34. The molecule has 4 rings (SSSR count). The molecule has 2 aromatic carbocycles. The molecule has 2 aliphatic heterocycles. The third-order valence-electron chi connectivity index (χ3n) is 5.70. The molecule has 4 nitrogen and oxygen atoms in total. The number of halogens is 1. The number of amides is 1. The fraction of sp³-hybridized carbons (Fsp3) is 0.409. The molecule has 0 spiro atoms. The summed E-state index contributed by atoms with van der Waals surface area (Å²) < 4.78 is 3.11. The third-order valence-corrected chi connectivity index (χ3v) is 6.32. The molecule has 0 saturated heterocycles. The largest absolute Gasteiger partial charge is 0.338 e. The zero-order valence-corrected chi connectivity index (χ0v) is 17.9. The number of nitrogens with zero attached hydrogens (tertiary/aromatic N) is 2. The van der Waals surface area contributed by atoms with Crippen LogP contribution in [0.2, 0.25) is 0 Å². The van der Waals surface area contributed by atoms with Gasteiger partial charge in [-0.25, -0.2) is 0 Å². The monoisotopic (exact) mass is 475 g/mol. The molecule has 1 amide bonds. The number of anilines is 1. The lowest BCUT2D eigenvalue weighted by molar-refractivity contribution is 0.0698. The molecule has 0 fully saturated rings. The molecule has 27 heavy (non-hydrogen) atoms. The summed E-state index contributed by atoms with van der Waals surface area (Å²) in [4.78, 5) is 17.5. The van der Waals surface area contributed by atoms with Crippen molar-refractivity contribution in [1.29, 1.82) is 0 Å². The quantitative estimate of drug-likeness (QED) is 0.522. The Morgan fingerprint density at radius 3 is 2.63 bits per heavy atom. The van der Waals surface area contributed by atoms with Crippen LogP contribution in [0.5, 0.6) is 0 Å². The van der Waals surface area contributed by atoms with Gasteiger partial charge in [0.25, 0.3) is 5.91 Å². The predicted molar refractivity (Wildman–Crippen MR) is 118 cm³/mol. The van der Waals surface area contributed by atoms with Crippen LogP contribution in [0.4, 0.5) is 5.69 Å². The van der Waals surface area contributed by atoms with Gasteiger partial charge in [0.05, 0.1) is 22.9 Å². The molecule has 5 heteroatoms. The first-order chi connectivity index (χ1) is 13.1. The van der Waals surface area contributed by atoms with Crippen molar-refractivity contribution in [2.75, 3.05) is 29.7 Å². The van der Waals surface area contributed by atoms with Gasteiger partial charge in [-0.3, -0.25) is 9.69 Å². The topological polar surface area (TPSA) is 35.6 Å². The van der Waals surface area contributed by atoms with Gasteiger partial charge in [0.15, 0.2) is 0 Å². The maximum atomic E-state index is 13.0. The normalized spacial score (nSPS) is 18.0. The minimum absolute atomic E-state index is 0.181. The maximum Gasteiger partial charge on any atom is 0.254 e. The maximum absolute atomic E-state index is 13.0. The Hall–Kier alpha value is -1.60. The molecule has 1 unspecified atom stereocenters. The molecule has 0 radical (unpaired) electrons. The van der Waals surface area contributed by atoms with E-state index < -0.39 is 0 Å². The van der Waals surface area contributed by atoms with Crippen molar-refractivity contribution in [2.45, 2.75) is 26.3 Å². The molecule has 0 saturated carbocycles. The number of rotatable bonds is 5. The smallest absolute Gasteiger partial charge is 0.254 e. The van der Waals surface area contributed by atoms with E-state index in [1.165, 1.54) is 16.7 Å². The first-order valence-electron chi connectivity index (χ1n) is 9.72. The van der Waals surface area contributed by atoms with Gasteiger partial charge in [-0.1, -0.05) is 37.3 Å². The second-order valence-corrected chi connectivity index (χ2v) is 8.37. The lowest BCUT2D eigenvalue weighted by atomic mass is 9.96. The number of carbonyl (C=O) groups excluding carboxylic acids is 1. The molecule has 142 valence electrons. The number of benzene rings is 2. The number of hydrogen-bond donors (Lipinski definition) is 1. The molecular formula is C22H26IN3O. The van der Waals surface area contributed by atoms with Crippen LogP contribution in [0, 0.1) is 5.92 Å². The van der Waals surface area contributed by atoms with E-state index in [4.69, 9.17) is 0 Å². The highest BCUT2D eigenvalue weighted by Crippen LogP contribution is 2.25. The number of hydrogen-bond acceptors (Lipinski definition) is 3. The van der Waals surface area contributed by atoms with E-state index in [1.807, 2.05) is 17.0 Å². The van der Waals surface area contributed by atoms with Gasteiger partial charge in [0.1, 0.15) is 0 Å². The summed E-state index contributed by atoms with van der Waals surface area (Å²) in [5.74, 6) is 0.646. The van der Waals surface area contributed by atoms with Crippen LogP contribution in [0.3, 0.4) is 0 Å². The van der Waals surface area contributed by atoms with Crippen molar-refractivity contribution in [2.24, 2.45) is 5.92 Å². The highest BCUT2D eigenvalue weighted by molar-refractivity contribution is 14.1. The van der Waals surface area contributed by atoms with E-state index in [0.717, 1.165) is 56.8 Å². The van der Waals surface area contributed by atoms with Crippen LogP contribution in [-0.2, 0) is 19.4 Å². The lowest BCUT2D eigenvalue weighted by Crippen LogP contribution is -2.43. The average Bonchev–Trinajstić information content (AvgIpc) is 2.70. The molecule has 1 N–H and O–H groups in total. The summed E-state index contributed by atoms with van der Waals surface area (Å²) in [5.41, 5.74) is 5.97. The van der Waals surface area contributed by atoms with Crippen LogP contribution in [0.15, 0.2) is 42.5 Å². The predicted octanol–water partition coefficient (Wildman–Crippen LogP) is 4.14. The molecule has 2 aromatic rings. The van der Waals surface area contributed by atoms with E-state index in [1.54, 1.807) is 0 Å². The Morgan fingerprint density at radius 2 is 1.81 bits per heavy atom. The van der Waals surface area contributed by atoms with Crippen molar-refractivity contribution < 1.29 is 4.79 Å². The molecule has 2 heterocycles. The van der Waals surface area contributed by atoms with Crippen molar-refractivity contribution in [3.63, 3.8) is 0 Å². The molecule has 0 aliphatic carbocycles. The molecule has 1 atom stereocenters. The highest BCUT2D eigenvalue weighted by atomic mass is 127. The summed E-state index contributed by atoms with van der Waals surface area (Å²) >= 11 is 2.11. The molecule has 0 aromatic heterocycles. The van der Waals surface area contributed by atoms with Crippen LogP contribution in [-0.4, -0.2) is 41.9 Å². The van der Waals surface area contributed by atoms with Crippen molar-refractivity contribution in [3.05, 3.63) is 64.7 Å². The van der Waals surface area contributed by atoms with E-state index in [2.05, 4.69) is 68.6 Å². The fourth-order valence-corrected chi connectivity index (χ4v) is 4.67. The summed E-state index contributed by atoms with van der Waals surface area (Å²) in [7, 11) is 0. The number of fused-ring (bicyclic) bond motifs is 2. The Balaban J connectivity index is 1.37. The summed E-state index contributed by atoms with van der Waals surface area (Å²) in [5, 5.41) is 0. The molecule has 2 aliphatic rings. The van der Waals surface area contributed by atoms with Crippen LogP contribution >= 0.6 is 22.9 Å². The van der Waals surface area contributed by atoms with Crippen LogP contribution in [0.25, 0.3) is 0 Å². The van der Waals surface area contributed by atoms with Gasteiger partial charge in [0.2, 0.25) is 0 Å². The van der Waals surface area contributed by atoms with Gasteiger partial charge >= 0.3 is 0 Å². The molecule has 0 bridgehead atoms. The summed E-state index contributed by atoms with van der Waals surface area (Å²) in [6.07, 6.45) is 2.08.